The third kappa shape index (κ3) is 3.01. The number of carbonyl (C=O) groups is 1. The zero-order chi connectivity index (χ0) is 14.7. The highest BCUT2D eigenvalue weighted by molar-refractivity contribution is 6.32. The molecule has 0 atom stereocenters. The highest BCUT2D eigenvalue weighted by Crippen LogP contribution is 2.30. The van der Waals surface area contributed by atoms with Crippen LogP contribution in [0.3, 0.4) is 0 Å². The number of rotatable bonds is 4. The number of nitro groups is 1. The summed E-state index contributed by atoms with van der Waals surface area (Å²) in [5.41, 5.74) is -0.415. The van der Waals surface area contributed by atoms with Crippen LogP contribution in [0.25, 0.3) is 0 Å². The number of hydrogen-bond donors (Lipinski definition) is 1. The van der Waals surface area contributed by atoms with Gasteiger partial charge in [0, 0.05) is 18.2 Å². The molecular formula is C12H7ClN2O5. The van der Waals surface area contributed by atoms with Crippen LogP contribution in [0, 0.1) is 10.1 Å². The lowest BCUT2D eigenvalue weighted by Gasteiger charge is -2.05. The van der Waals surface area contributed by atoms with Crippen LogP contribution in [0.1, 0.15) is 10.5 Å². The third-order valence-electron chi connectivity index (χ3n) is 2.28. The molecule has 1 aromatic carbocycles. The monoisotopic (exact) mass is 294 g/mol. The minimum Gasteiger partial charge on any atom is -0.477 e. The van der Waals surface area contributed by atoms with Gasteiger partial charge in [-0.3, -0.25) is 10.1 Å². The quantitative estimate of drug-likeness (QED) is 0.686. The summed E-state index contributed by atoms with van der Waals surface area (Å²) in [6.45, 7) is 0. The van der Waals surface area contributed by atoms with Gasteiger partial charge in [0.25, 0.3) is 5.69 Å². The fourth-order valence-corrected chi connectivity index (χ4v) is 1.65. The first-order valence-electron chi connectivity index (χ1n) is 5.29. The number of aromatic nitrogens is 1. The van der Waals surface area contributed by atoms with Gasteiger partial charge in [-0.1, -0.05) is 17.7 Å². The molecule has 0 aliphatic heterocycles. The van der Waals surface area contributed by atoms with Gasteiger partial charge in [0.05, 0.1) is 4.92 Å². The zero-order valence-corrected chi connectivity index (χ0v) is 10.6. The van der Waals surface area contributed by atoms with Gasteiger partial charge in [0.2, 0.25) is 5.88 Å². The van der Waals surface area contributed by atoms with E-state index >= 15 is 0 Å². The minimum absolute atomic E-state index is 0.0508. The molecule has 0 saturated heterocycles. The first kappa shape index (κ1) is 13.8. The molecule has 2 aromatic rings. The number of pyridine rings is 1. The number of aromatic carboxylic acids is 1. The summed E-state index contributed by atoms with van der Waals surface area (Å²) in [6.07, 6.45) is 0. The van der Waals surface area contributed by atoms with Crippen molar-refractivity contribution in [2.24, 2.45) is 0 Å². The summed E-state index contributed by atoms with van der Waals surface area (Å²) in [4.78, 5) is 24.5. The van der Waals surface area contributed by atoms with Crippen LogP contribution in [0.15, 0.2) is 36.4 Å². The first-order chi connectivity index (χ1) is 9.47. The summed E-state index contributed by atoms with van der Waals surface area (Å²) in [5, 5.41) is 19.3. The molecule has 0 radical (unpaired) electrons. The maximum Gasteiger partial charge on any atom is 0.354 e. The number of ether oxygens (including phenoxy) is 1. The lowest BCUT2D eigenvalue weighted by atomic mass is 10.3. The van der Waals surface area contributed by atoms with Gasteiger partial charge < -0.3 is 9.84 Å². The molecule has 102 valence electrons. The molecule has 20 heavy (non-hydrogen) atoms. The van der Waals surface area contributed by atoms with Gasteiger partial charge in [0.15, 0.2) is 5.69 Å². The SMILES string of the molecule is O=C(O)c1cccc(Oc2ccc([N+](=O)[O-])c(Cl)c2)n1. The summed E-state index contributed by atoms with van der Waals surface area (Å²) in [5.74, 6) is -0.914. The fourth-order valence-electron chi connectivity index (χ4n) is 1.41. The Morgan fingerprint density at radius 1 is 1.35 bits per heavy atom. The predicted molar refractivity (Wildman–Crippen MR) is 69.4 cm³/mol. The molecule has 0 fully saturated rings. The molecule has 0 aliphatic carbocycles. The molecule has 0 spiro atoms. The van der Waals surface area contributed by atoms with E-state index in [-0.39, 0.29) is 28.0 Å². The lowest BCUT2D eigenvalue weighted by molar-refractivity contribution is -0.384. The molecule has 1 N–H and O–H groups in total. The largest absolute Gasteiger partial charge is 0.477 e. The Kier molecular flexibility index (Phi) is 3.81. The van der Waals surface area contributed by atoms with E-state index in [4.69, 9.17) is 21.4 Å². The van der Waals surface area contributed by atoms with Gasteiger partial charge in [-0.25, -0.2) is 9.78 Å². The van der Waals surface area contributed by atoms with Gasteiger partial charge in [0.1, 0.15) is 10.8 Å². The molecule has 1 heterocycles. The third-order valence-corrected chi connectivity index (χ3v) is 2.58. The van der Waals surface area contributed by atoms with Crippen LogP contribution in [0.5, 0.6) is 11.6 Å². The standard InChI is InChI=1S/C12H7ClN2O5/c13-8-6-7(4-5-10(8)15(18)19)20-11-3-1-2-9(14-11)12(16)17/h1-6H,(H,16,17). The van der Waals surface area contributed by atoms with Crippen LogP contribution in [0.2, 0.25) is 5.02 Å². The lowest BCUT2D eigenvalue weighted by Crippen LogP contribution is -2.00. The molecule has 1 aromatic heterocycles. The fraction of sp³-hybridized carbons (Fsp3) is 0. The second-order valence-electron chi connectivity index (χ2n) is 3.64. The Morgan fingerprint density at radius 3 is 2.70 bits per heavy atom. The Morgan fingerprint density at radius 2 is 2.10 bits per heavy atom. The summed E-state index contributed by atoms with van der Waals surface area (Å²) >= 11 is 5.74. The summed E-state index contributed by atoms with van der Waals surface area (Å²) in [7, 11) is 0. The van der Waals surface area contributed by atoms with E-state index in [2.05, 4.69) is 4.98 Å². The van der Waals surface area contributed by atoms with Crippen molar-refractivity contribution in [3.05, 3.63) is 57.2 Å². The Labute approximate surface area is 117 Å². The molecule has 7 nitrogen and oxygen atoms in total. The average Bonchev–Trinajstić information content (AvgIpc) is 2.38. The maximum atomic E-state index is 10.8. The second kappa shape index (κ2) is 5.54. The van der Waals surface area contributed by atoms with Crippen LogP contribution >= 0.6 is 11.6 Å². The molecule has 0 saturated carbocycles. The van der Waals surface area contributed by atoms with Gasteiger partial charge >= 0.3 is 5.97 Å². The molecule has 0 unspecified atom stereocenters. The van der Waals surface area contributed by atoms with Crippen LogP contribution in [0.4, 0.5) is 5.69 Å². The molecule has 0 amide bonds. The summed E-state index contributed by atoms with van der Waals surface area (Å²) < 4.78 is 5.30. The number of hydrogen-bond acceptors (Lipinski definition) is 5. The molecule has 0 aliphatic rings. The Bertz CT molecular complexity index is 689. The zero-order valence-electron chi connectivity index (χ0n) is 9.82. The van der Waals surface area contributed by atoms with E-state index in [1.54, 1.807) is 0 Å². The predicted octanol–water partition coefficient (Wildman–Crippen LogP) is 3.13. The molecule has 0 bridgehead atoms. The van der Waals surface area contributed by atoms with E-state index in [0.717, 1.165) is 0 Å². The van der Waals surface area contributed by atoms with Crippen molar-refractivity contribution in [3.8, 4) is 11.6 Å². The Hall–Kier alpha value is -2.67. The van der Waals surface area contributed by atoms with E-state index in [9.17, 15) is 14.9 Å². The number of nitro benzene ring substituents is 1. The maximum absolute atomic E-state index is 10.8. The summed E-state index contributed by atoms with van der Waals surface area (Å²) in [6, 6.07) is 8.05. The molecule has 2 rings (SSSR count). The normalized spacial score (nSPS) is 10.1. The number of nitrogens with zero attached hydrogens (tertiary/aromatic N) is 2. The molecule has 8 heteroatoms. The van der Waals surface area contributed by atoms with E-state index < -0.39 is 10.9 Å². The van der Waals surface area contributed by atoms with Gasteiger partial charge in [-0.2, -0.15) is 0 Å². The molecular weight excluding hydrogens is 288 g/mol. The number of carboxylic acid groups (broad SMARTS) is 1. The average molecular weight is 295 g/mol. The topological polar surface area (TPSA) is 103 Å². The van der Waals surface area contributed by atoms with Crippen LogP contribution in [-0.2, 0) is 0 Å². The van der Waals surface area contributed by atoms with Crippen molar-refractivity contribution < 1.29 is 19.6 Å². The smallest absolute Gasteiger partial charge is 0.354 e. The number of carboxylic acids is 1. The van der Waals surface area contributed by atoms with Crippen LogP contribution < -0.4 is 4.74 Å². The van der Waals surface area contributed by atoms with Crippen molar-refractivity contribution in [1.82, 2.24) is 4.98 Å². The van der Waals surface area contributed by atoms with Crippen molar-refractivity contribution in [2.45, 2.75) is 0 Å². The van der Waals surface area contributed by atoms with Crippen LogP contribution in [-0.4, -0.2) is 21.0 Å². The van der Waals surface area contributed by atoms with Crippen molar-refractivity contribution in [2.75, 3.05) is 0 Å². The van der Waals surface area contributed by atoms with E-state index in [0.29, 0.717) is 0 Å². The first-order valence-corrected chi connectivity index (χ1v) is 5.67. The number of benzene rings is 1. The van der Waals surface area contributed by atoms with E-state index in [1.807, 2.05) is 0 Å². The highest BCUT2D eigenvalue weighted by atomic mass is 35.5. The number of halogens is 1. The van der Waals surface area contributed by atoms with Crippen molar-refractivity contribution in [1.29, 1.82) is 0 Å². The highest BCUT2D eigenvalue weighted by Gasteiger charge is 2.13. The van der Waals surface area contributed by atoms with Gasteiger partial charge in [-0.15, -0.1) is 0 Å². The van der Waals surface area contributed by atoms with Gasteiger partial charge in [-0.05, 0) is 12.1 Å². The second-order valence-corrected chi connectivity index (χ2v) is 4.05. The Balaban J connectivity index is 2.26. The minimum atomic E-state index is -1.18. The van der Waals surface area contributed by atoms with E-state index in [1.165, 1.54) is 36.4 Å². The van der Waals surface area contributed by atoms with Crippen molar-refractivity contribution in [3.63, 3.8) is 0 Å². The van der Waals surface area contributed by atoms with Crippen molar-refractivity contribution >= 4 is 23.3 Å².